The van der Waals surface area contributed by atoms with Crippen molar-refractivity contribution < 1.29 is 0 Å². The molecule has 0 unspecified atom stereocenters. The van der Waals surface area contributed by atoms with Crippen molar-refractivity contribution in [1.29, 1.82) is 0 Å². The molecule has 0 aromatic heterocycles. The van der Waals surface area contributed by atoms with Crippen molar-refractivity contribution in [1.82, 2.24) is 5.32 Å². The Hall–Kier alpha value is 0.310. The Balaban J connectivity index is 2.09. The summed E-state index contributed by atoms with van der Waals surface area (Å²) < 4.78 is 0. The van der Waals surface area contributed by atoms with Crippen LogP contribution in [0, 0.1) is 11.3 Å². The molecule has 2 aliphatic rings. The highest BCUT2D eigenvalue weighted by Crippen LogP contribution is 2.43. The number of thioether (sulfide) groups is 1. The maximum absolute atomic E-state index is 3.36. The van der Waals surface area contributed by atoms with Crippen molar-refractivity contribution >= 4 is 11.8 Å². The summed E-state index contributed by atoms with van der Waals surface area (Å²) in [7, 11) is 0. The van der Waals surface area contributed by atoms with Gasteiger partial charge in [-0.25, -0.2) is 0 Å². The van der Waals surface area contributed by atoms with Crippen molar-refractivity contribution in [3.05, 3.63) is 0 Å². The van der Waals surface area contributed by atoms with Gasteiger partial charge in [0.15, 0.2) is 0 Å². The van der Waals surface area contributed by atoms with Crippen LogP contribution in [0.2, 0.25) is 0 Å². The number of hydrogen-bond acceptors (Lipinski definition) is 2. The summed E-state index contributed by atoms with van der Waals surface area (Å²) in [6.45, 7) is 4.95. The normalized spacial score (nSPS) is 39.0. The van der Waals surface area contributed by atoms with Crippen LogP contribution in [0.3, 0.4) is 0 Å². The summed E-state index contributed by atoms with van der Waals surface area (Å²) in [5.74, 6) is 3.76. The second-order valence-corrected chi connectivity index (χ2v) is 4.41. The first-order valence-corrected chi connectivity index (χ1v) is 4.77. The molecule has 2 heterocycles. The highest BCUT2D eigenvalue weighted by molar-refractivity contribution is 7.99. The largest absolute Gasteiger partial charge is 0.315 e. The van der Waals surface area contributed by atoms with E-state index in [9.17, 15) is 0 Å². The van der Waals surface area contributed by atoms with Crippen molar-refractivity contribution in [2.24, 2.45) is 11.3 Å². The first-order chi connectivity index (χ1) is 4.33. The van der Waals surface area contributed by atoms with E-state index in [4.69, 9.17) is 0 Å². The molecule has 0 saturated carbocycles. The maximum atomic E-state index is 3.36. The Morgan fingerprint density at radius 2 is 2.33 bits per heavy atom. The summed E-state index contributed by atoms with van der Waals surface area (Å²) in [6, 6.07) is 0. The van der Waals surface area contributed by atoms with Gasteiger partial charge in [0.25, 0.3) is 0 Å². The monoisotopic (exact) mass is 143 g/mol. The summed E-state index contributed by atoms with van der Waals surface area (Å²) in [6.07, 6.45) is 0. The molecule has 0 aromatic rings. The molecule has 52 valence electrons. The third-order valence-electron chi connectivity index (χ3n) is 2.76. The van der Waals surface area contributed by atoms with Gasteiger partial charge in [0.2, 0.25) is 0 Å². The predicted molar refractivity (Wildman–Crippen MR) is 41.8 cm³/mol. The van der Waals surface area contributed by atoms with Crippen LogP contribution in [0.4, 0.5) is 0 Å². The van der Waals surface area contributed by atoms with Gasteiger partial charge >= 0.3 is 0 Å². The van der Waals surface area contributed by atoms with E-state index in [0.29, 0.717) is 0 Å². The maximum Gasteiger partial charge on any atom is 0.00764 e. The lowest BCUT2D eigenvalue weighted by atomic mass is 9.74. The standard InChI is InChI=1S/C7H13NS/c1-6-2-9-5-7(6)3-8-4-7/h6,8H,2-5H2,1H3/t6-/m1/s1. The van der Waals surface area contributed by atoms with Crippen LogP contribution in [-0.4, -0.2) is 24.6 Å². The lowest BCUT2D eigenvalue weighted by Crippen LogP contribution is -2.56. The van der Waals surface area contributed by atoms with Gasteiger partial charge in [-0.2, -0.15) is 11.8 Å². The van der Waals surface area contributed by atoms with Gasteiger partial charge in [-0.1, -0.05) is 6.92 Å². The number of hydrogen-bond donors (Lipinski definition) is 1. The van der Waals surface area contributed by atoms with E-state index in [-0.39, 0.29) is 0 Å². The van der Waals surface area contributed by atoms with Crippen molar-refractivity contribution in [3.8, 4) is 0 Å². The minimum absolute atomic E-state index is 0.727. The van der Waals surface area contributed by atoms with E-state index in [2.05, 4.69) is 24.0 Å². The van der Waals surface area contributed by atoms with Crippen LogP contribution in [0.5, 0.6) is 0 Å². The Morgan fingerprint density at radius 3 is 2.56 bits per heavy atom. The molecule has 0 radical (unpaired) electrons. The van der Waals surface area contributed by atoms with Crippen LogP contribution in [0.1, 0.15) is 6.92 Å². The zero-order chi connectivity index (χ0) is 6.32. The van der Waals surface area contributed by atoms with Crippen molar-refractivity contribution in [2.45, 2.75) is 6.92 Å². The Kier molecular flexibility index (Phi) is 1.27. The van der Waals surface area contributed by atoms with Gasteiger partial charge in [-0.05, 0) is 11.7 Å². The molecule has 0 aliphatic carbocycles. The predicted octanol–water partition coefficient (Wildman–Crippen LogP) is 0.959. The molecule has 0 aromatic carbocycles. The van der Waals surface area contributed by atoms with Crippen LogP contribution >= 0.6 is 11.8 Å². The van der Waals surface area contributed by atoms with Gasteiger partial charge in [-0.3, -0.25) is 0 Å². The summed E-state index contributed by atoms with van der Waals surface area (Å²) in [4.78, 5) is 0. The molecule has 1 N–H and O–H groups in total. The molecular weight excluding hydrogens is 130 g/mol. The molecule has 1 atom stereocenters. The number of rotatable bonds is 0. The molecule has 2 saturated heterocycles. The highest BCUT2D eigenvalue weighted by Gasteiger charge is 2.45. The van der Waals surface area contributed by atoms with E-state index in [1.54, 1.807) is 0 Å². The average molecular weight is 143 g/mol. The fraction of sp³-hybridized carbons (Fsp3) is 1.00. The van der Waals surface area contributed by atoms with Gasteiger partial charge in [0.05, 0.1) is 0 Å². The molecule has 1 nitrogen and oxygen atoms in total. The fourth-order valence-electron chi connectivity index (χ4n) is 1.65. The van der Waals surface area contributed by atoms with Crippen LogP contribution < -0.4 is 5.32 Å². The van der Waals surface area contributed by atoms with E-state index < -0.39 is 0 Å². The molecule has 9 heavy (non-hydrogen) atoms. The van der Waals surface area contributed by atoms with Gasteiger partial charge < -0.3 is 5.32 Å². The molecule has 1 spiro atoms. The SMILES string of the molecule is C[C@@H]1CSCC12CNC2. The zero-order valence-electron chi connectivity index (χ0n) is 5.81. The molecule has 2 rings (SSSR count). The zero-order valence-corrected chi connectivity index (χ0v) is 6.63. The van der Waals surface area contributed by atoms with E-state index in [1.165, 1.54) is 24.6 Å². The Labute approximate surface area is 60.6 Å². The minimum atomic E-state index is 0.727. The Morgan fingerprint density at radius 1 is 1.56 bits per heavy atom. The molecule has 2 fully saturated rings. The third-order valence-corrected chi connectivity index (χ3v) is 4.27. The topological polar surface area (TPSA) is 12.0 Å². The van der Waals surface area contributed by atoms with Crippen LogP contribution in [-0.2, 0) is 0 Å². The Bertz CT molecular complexity index is 120. The quantitative estimate of drug-likeness (QED) is 0.542. The smallest absolute Gasteiger partial charge is 0.00764 e. The first-order valence-electron chi connectivity index (χ1n) is 3.62. The van der Waals surface area contributed by atoms with Crippen molar-refractivity contribution in [3.63, 3.8) is 0 Å². The van der Waals surface area contributed by atoms with E-state index in [1.807, 2.05) is 0 Å². The average Bonchev–Trinajstić information content (AvgIpc) is 2.07. The highest BCUT2D eigenvalue weighted by atomic mass is 32.2. The van der Waals surface area contributed by atoms with Gasteiger partial charge in [0.1, 0.15) is 0 Å². The lowest BCUT2D eigenvalue weighted by molar-refractivity contribution is 0.144. The second kappa shape index (κ2) is 1.89. The van der Waals surface area contributed by atoms with E-state index >= 15 is 0 Å². The summed E-state index contributed by atoms with van der Waals surface area (Å²) in [5.41, 5.74) is 0.727. The molecule has 0 amide bonds. The van der Waals surface area contributed by atoms with E-state index in [0.717, 1.165) is 11.3 Å². The van der Waals surface area contributed by atoms with Crippen LogP contribution in [0.15, 0.2) is 0 Å². The minimum Gasteiger partial charge on any atom is -0.315 e. The lowest BCUT2D eigenvalue weighted by Gasteiger charge is -2.42. The molecule has 2 aliphatic heterocycles. The van der Waals surface area contributed by atoms with Crippen LogP contribution in [0.25, 0.3) is 0 Å². The summed E-state index contributed by atoms with van der Waals surface area (Å²) in [5, 5.41) is 3.36. The first kappa shape index (κ1) is 6.05. The van der Waals surface area contributed by atoms with Gasteiger partial charge in [0, 0.05) is 24.3 Å². The van der Waals surface area contributed by atoms with Gasteiger partial charge in [-0.15, -0.1) is 0 Å². The molecule has 0 bridgehead atoms. The summed E-state index contributed by atoms with van der Waals surface area (Å²) >= 11 is 2.12. The van der Waals surface area contributed by atoms with Crippen molar-refractivity contribution in [2.75, 3.05) is 24.6 Å². The second-order valence-electron chi connectivity index (χ2n) is 3.38. The fourth-order valence-corrected chi connectivity index (χ4v) is 3.37. The molecule has 2 heteroatoms. The number of nitrogens with one attached hydrogen (secondary N) is 1. The third kappa shape index (κ3) is 0.729. The molecular formula is C7H13NS.